The third-order valence-electron chi connectivity index (χ3n) is 2.35. The lowest BCUT2D eigenvalue weighted by Gasteiger charge is -2.13. The van der Waals surface area contributed by atoms with E-state index in [1.807, 2.05) is 12.1 Å². The molecule has 1 atom stereocenters. The highest BCUT2D eigenvalue weighted by Crippen LogP contribution is 2.21. The van der Waals surface area contributed by atoms with Crippen LogP contribution in [0, 0.1) is 5.92 Å². The van der Waals surface area contributed by atoms with Gasteiger partial charge >= 0.3 is 0 Å². The van der Waals surface area contributed by atoms with Gasteiger partial charge in [0, 0.05) is 6.04 Å². The predicted molar refractivity (Wildman–Crippen MR) is 59.1 cm³/mol. The molecule has 14 heavy (non-hydrogen) atoms. The highest BCUT2D eigenvalue weighted by molar-refractivity contribution is 5.29. The van der Waals surface area contributed by atoms with Gasteiger partial charge in [-0.2, -0.15) is 0 Å². The largest absolute Gasteiger partial charge is 0.508 e. The summed E-state index contributed by atoms with van der Waals surface area (Å²) in [5.41, 5.74) is 7.02. The maximum Gasteiger partial charge on any atom is 0.115 e. The third-order valence-corrected chi connectivity index (χ3v) is 2.35. The number of benzene rings is 1. The van der Waals surface area contributed by atoms with Crippen molar-refractivity contribution in [3.63, 3.8) is 0 Å². The predicted octanol–water partition coefficient (Wildman–Crippen LogP) is 2.83. The highest BCUT2D eigenvalue weighted by Gasteiger charge is 2.07. The molecule has 0 unspecified atom stereocenters. The molecule has 0 aliphatic rings. The molecule has 0 saturated carbocycles. The first kappa shape index (κ1) is 11.1. The van der Waals surface area contributed by atoms with E-state index in [2.05, 4.69) is 13.8 Å². The van der Waals surface area contributed by atoms with Gasteiger partial charge in [0.1, 0.15) is 5.75 Å². The Hall–Kier alpha value is -1.02. The van der Waals surface area contributed by atoms with E-state index in [4.69, 9.17) is 5.73 Å². The molecule has 1 aromatic rings. The summed E-state index contributed by atoms with van der Waals surface area (Å²) in [6.07, 6.45) is 2.10. The fraction of sp³-hybridized carbons (Fsp3) is 0.500. The van der Waals surface area contributed by atoms with Gasteiger partial charge in [0.05, 0.1) is 0 Å². The zero-order valence-electron chi connectivity index (χ0n) is 8.90. The minimum Gasteiger partial charge on any atom is -0.508 e. The van der Waals surface area contributed by atoms with Crippen LogP contribution in [-0.2, 0) is 0 Å². The van der Waals surface area contributed by atoms with Crippen molar-refractivity contribution in [2.45, 2.75) is 32.7 Å². The monoisotopic (exact) mass is 193 g/mol. The molecule has 3 N–H and O–H groups in total. The van der Waals surface area contributed by atoms with Crippen LogP contribution in [-0.4, -0.2) is 5.11 Å². The number of hydrogen-bond donors (Lipinski definition) is 2. The Balaban J connectivity index is 2.56. The van der Waals surface area contributed by atoms with Gasteiger partial charge in [0.15, 0.2) is 0 Å². The van der Waals surface area contributed by atoms with Crippen LogP contribution in [0.2, 0.25) is 0 Å². The molecule has 78 valence electrons. The van der Waals surface area contributed by atoms with Crippen LogP contribution in [0.3, 0.4) is 0 Å². The van der Waals surface area contributed by atoms with E-state index < -0.39 is 0 Å². The van der Waals surface area contributed by atoms with Crippen LogP contribution in [0.15, 0.2) is 24.3 Å². The average Bonchev–Trinajstić information content (AvgIpc) is 2.14. The third kappa shape index (κ3) is 3.38. The van der Waals surface area contributed by atoms with Gasteiger partial charge in [-0.05, 0) is 36.5 Å². The van der Waals surface area contributed by atoms with Crippen molar-refractivity contribution in [1.29, 1.82) is 0 Å². The van der Waals surface area contributed by atoms with Crippen LogP contribution in [0.1, 0.15) is 38.3 Å². The van der Waals surface area contributed by atoms with Crippen molar-refractivity contribution >= 4 is 0 Å². The van der Waals surface area contributed by atoms with Gasteiger partial charge in [0.25, 0.3) is 0 Å². The van der Waals surface area contributed by atoms with Gasteiger partial charge in [-0.1, -0.05) is 26.0 Å². The molecule has 1 rings (SSSR count). The number of hydrogen-bond acceptors (Lipinski definition) is 2. The molecule has 2 nitrogen and oxygen atoms in total. The zero-order valence-corrected chi connectivity index (χ0v) is 8.90. The van der Waals surface area contributed by atoms with Crippen molar-refractivity contribution < 1.29 is 5.11 Å². The summed E-state index contributed by atoms with van der Waals surface area (Å²) in [6, 6.07) is 7.25. The normalized spacial score (nSPS) is 13.1. The van der Waals surface area contributed by atoms with E-state index in [0.717, 1.165) is 18.4 Å². The topological polar surface area (TPSA) is 46.2 Å². The summed E-state index contributed by atoms with van der Waals surface area (Å²) in [7, 11) is 0. The molecule has 0 amide bonds. The van der Waals surface area contributed by atoms with E-state index in [9.17, 15) is 5.11 Å². The van der Waals surface area contributed by atoms with Crippen molar-refractivity contribution in [3.8, 4) is 5.75 Å². The number of aromatic hydroxyl groups is 1. The Labute approximate surface area is 85.8 Å². The number of phenols is 1. The van der Waals surface area contributed by atoms with Crippen molar-refractivity contribution in [1.82, 2.24) is 0 Å². The lowest BCUT2D eigenvalue weighted by Crippen LogP contribution is -2.10. The Morgan fingerprint density at radius 2 is 2.00 bits per heavy atom. The summed E-state index contributed by atoms with van der Waals surface area (Å²) in [5, 5.41) is 9.28. The molecule has 1 aromatic carbocycles. The molecular formula is C12H19NO. The number of phenolic OH excluding ortho intramolecular Hbond substituents is 1. The van der Waals surface area contributed by atoms with Crippen molar-refractivity contribution in [2.75, 3.05) is 0 Å². The Kier molecular flexibility index (Phi) is 3.96. The van der Waals surface area contributed by atoms with Crippen LogP contribution in [0.5, 0.6) is 5.75 Å². The van der Waals surface area contributed by atoms with E-state index in [-0.39, 0.29) is 6.04 Å². The van der Waals surface area contributed by atoms with E-state index in [1.165, 1.54) is 0 Å². The second-order valence-electron chi connectivity index (χ2n) is 4.17. The first-order valence-electron chi connectivity index (χ1n) is 5.14. The van der Waals surface area contributed by atoms with E-state index in [0.29, 0.717) is 11.7 Å². The van der Waals surface area contributed by atoms with Crippen LogP contribution in [0.4, 0.5) is 0 Å². The Morgan fingerprint density at radius 3 is 2.57 bits per heavy atom. The first-order valence-corrected chi connectivity index (χ1v) is 5.14. The Bertz CT molecular complexity index is 283. The molecule has 0 bridgehead atoms. The molecule has 0 spiro atoms. The SMILES string of the molecule is CC(C)CC[C@H](N)c1cccc(O)c1. The minimum atomic E-state index is 0.0458. The quantitative estimate of drug-likeness (QED) is 0.772. The van der Waals surface area contributed by atoms with Gasteiger partial charge in [-0.3, -0.25) is 0 Å². The summed E-state index contributed by atoms with van der Waals surface area (Å²) in [5.74, 6) is 0.973. The first-order chi connectivity index (χ1) is 6.59. The average molecular weight is 193 g/mol. The van der Waals surface area contributed by atoms with Gasteiger partial charge in [-0.25, -0.2) is 0 Å². The maximum atomic E-state index is 9.28. The zero-order chi connectivity index (χ0) is 10.6. The molecule has 0 aromatic heterocycles. The van der Waals surface area contributed by atoms with Crippen LogP contribution in [0.25, 0.3) is 0 Å². The second-order valence-corrected chi connectivity index (χ2v) is 4.17. The summed E-state index contributed by atoms with van der Waals surface area (Å²) < 4.78 is 0. The fourth-order valence-corrected chi connectivity index (χ4v) is 1.43. The van der Waals surface area contributed by atoms with Crippen molar-refractivity contribution in [3.05, 3.63) is 29.8 Å². The van der Waals surface area contributed by atoms with E-state index in [1.54, 1.807) is 12.1 Å². The van der Waals surface area contributed by atoms with Gasteiger partial charge in [-0.15, -0.1) is 0 Å². The molecule has 0 aliphatic carbocycles. The molecule has 2 heteroatoms. The lowest BCUT2D eigenvalue weighted by molar-refractivity contribution is 0.470. The summed E-state index contributed by atoms with van der Waals surface area (Å²) in [4.78, 5) is 0. The Morgan fingerprint density at radius 1 is 1.29 bits per heavy atom. The van der Waals surface area contributed by atoms with Crippen molar-refractivity contribution in [2.24, 2.45) is 11.7 Å². The number of rotatable bonds is 4. The lowest BCUT2D eigenvalue weighted by atomic mass is 9.98. The van der Waals surface area contributed by atoms with Gasteiger partial charge < -0.3 is 10.8 Å². The van der Waals surface area contributed by atoms with Crippen LogP contribution >= 0.6 is 0 Å². The molecule has 0 saturated heterocycles. The minimum absolute atomic E-state index is 0.0458. The van der Waals surface area contributed by atoms with Gasteiger partial charge in [0.2, 0.25) is 0 Å². The van der Waals surface area contributed by atoms with Crippen LogP contribution < -0.4 is 5.73 Å². The molecule has 0 fully saturated rings. The number of nitrogens with two attached hydrogens (primary N) is 1. The second kappa shape index (κ2) is 5.01. The molecule has 0 heterocycles. The molecule has 0 aliphatic heterocycles. The highest BCUT2D eigenvalue weighted by atomic mass is 16.3. The smallest absolute Gasteiger partial charge is 0.115 e. The standard InChI is InChI=1S/C12H19NO/c1-9(2)6-7-12(13)10-4-3-5-11(14)8-10/h3-5,8-9,12,14H,6-7,13H2,1-2H3/t12-/m0/s1. The molecule has 0 radical (unpaired) electrons. The fourth-order valence-electron chi connectivity index (χ4n) is 1.43. The summed E-state index contributed by atoms with van der Waals surface area (Å²) >= 11 is 0. The van der Waals surface area contributed by atoms with E-state index >= 15 is 0 Å². The molecular weight excluding hydrogens is 174 g/mol. The summed E-state index contributed by atoms with van der Waals surface area (Å²) in [6.45, 7) is 4.38. The maximum absolute atomic E-state index is 9.28.